The summed E-state index contributed by atoms with van der Waals surface area (Å²) in [5.41, 5.74) is 4.35. The summed E-state index contributed by atoms with van der Waals surface area (Å²) in [6.07, 6.45) is 2.69. The van der Waals surface area contributed by atoms with Gasteiger partial charge < -0.3 is 9.88 Å². The summed E-state index contributed by atoms with van der Waals surface area (Å²) < 4.78 is 0. The highest BCUT2D eigenvalue weighted by Crippen LogP contribution is 2.44. The van der Waals surface area contributed by atoms with Gasteiger partial charge in [-0.2, -0.15) is 0 Å². The van der Waals surface area contributed by atoms with Crippen molar-refractivity contribution in [3.63, 3.8) is 0 Å². The number of amides is 2. The number of hydrogen-bond acceptors (Lipinski definition) is 2. The molecule has 4 rings (SSSR count). The lowest BCUT2D eigenvalue weighted by molar-refractivity contribution is 0.182. The fraction of sp³-hybridized carbons (Fsp3) is 0.412. The monoisotopic (exact) mass is 332 g/mol. The number of benzene rings is 1. The molecule has 2 aliphatic rings. The fourth-order valence-electron chi connectivity index (χ4n) is 3.74. The molecule has 1 fully saturated rings. The summed E-state index contributed by atoms with van der Waals surface area (Å²) in [7, 11) is 0. The summed E-state index contributed by atoms with van der Waals surface area (Å²) in [6.45, 7) is 5.59. The Hall–Kier alpha value is -2.01. The molecule has 2 aromatic rings. The quantitative estimate of drug-likeness (QED) is 0.915. The van der Waals surface area contributed by atoms with Crippen molar-refractivity contribution in [1.29, 1.82) is 0 Å². The Balaban J connectivity index is 0.00000156. The van der Waals surface area contributed by atoms with E-state index < -0.39 is 0 Å². The number of nitrogens with zero attached hydrogens (tertiary/aromatic N) is 3. The van der Waals surface area contributed by atoms with Crippen LogP contribution < -0.4 is 4.90 Å². The maximum atomic E-state index is 13.0. The third-order valence-corrected chi connectivity index (χ3v) is 5.04. The molecule has 2 atom stereocenters. The molecule has 2 amide bonds. The van der Waals surface area contributed by atoms with Gasteiger partial charge in [-0.05, 0) is 25.0 Å². The third kappa shape index (κ3) is 2.39. The van der Waals surface area contributed by atoms with E-state index in [1.54, 1.807) is 6.33 Å². The molecule has 5 nitrogen and oxygen atoms in total. The van der Waals surface area contributed by atoms with Crippen molar-refractivity contribution in [2.75, 3.05) is 11.4 Å². The van der Waals surface area contributed by atoms with Crippen LogP contribution in [-0.2, 0) is 6.54 Å². The van der Waals surface area contributed by atoms with Crippen molar-refractivity contribution in [1.82, 2.24) is 14.9 Å². The van der Waals surface area contributed by atoms with Crippen LogP contribution in [-0.4, -0.2) is 33.5 Å². The topological polar surface area (TPSA) is 52.2 Å². The molecule has 1 N–H and O–H groups in total. The lowest BCUT2D eigenvalue weighted by Crippen LogP contribution is -2.53. The molecule has 0 aliphatic carbocycles. The number of urea groups is 1. The van der Waals surface area contributed by atoms with Crippen molar-refractivity contribution in [2.45, 2.75) is 38.8 Å². The summed E-state index contributed by atoms with van der Waals surface area (Å²) in [5, 5.41) is 0. The van der Waals surface area contributed by atoms with Crippen molar-refractivity contribution >= 4 is 24.1 Å². The summed E-state index contributed by atoms with van der Waals surface area (Å²) in [4.78, 5) is 24.3. The zero-order valence-corrected chi connectivity index (χ0v) is 14.1. The second-order valence-electron chi connectivity index (χ2n) is 6.25. The minimum atomic E-state index is 0. The Morgan fingerprint density at radius 3 is 2.87 bits per heavy atom. The highest BCUT2D eigenvalue weighted by atomic mass is 35.5. The number of carbonyl (C=O) groups excluding carboxylic acids is 1. The average Bonchev–Trinajstić information content (AvgIpc) is 3.05. The van der Waals surface area contributed by atoms with Crippen LogP contribution in [0.5, 0.6) is 0 Å². The minimum Gasteiger partial charge on any atom is -0.348 e. The van der Waals surface area contributed by atoms with Crippen LogP contribution in [0.3, 0.4) is 0 Å². The number of nitrogens with one attached hydrogen (secondary N) is 1. The molecule has 1 aromatic heterocycles. The number of fused-ring (bicyclic) bond motifs is 3. The lowest BCUT2D eigenvalue weighted by Gasteiger charge is -2.39. The number of imidazole rings is 1. The zero-order chi connectivity index (χ0) is 15.3. The predicted octanol–water partition coefficient (Wildman–Crippen LogP) is 3.46. The Morgan fingerprint density at radius 2 is 2.13 bits per heavy atom. The van der Waals surface area contributed by atoms with Crippen LogP contribution in [0.2, 0.25) is 0 Å². The first-order valence-electron chi connectivity index (χ1n) is 7.82. The second kappa shape index (κ2) is 5.89. The maximum absolute atomic E-state index is 13.0. The number of anilines is 1. The minimum absolute atomic E-state index is 0. The summed E-state index contributed by atoms with van der Waals surface area (Å²) in [6, 6.07) is 8.68. The van der Waals surface area contributed by atoms with Crippen LogP contribution in [0, 0.1) is 6.92 Å². The molecule has 0 bridgehead atoms. The highest BCUT2D eigenvalue weighted by Gasteiger charge is 2.43. The zero-order valence-electron chi connectivity index (χ0n) is 13.3. The second-order valence-corrected chi connectivity index (χ2v) is 6.25. The smallest absolute Gasteiger partial charge is 0.325 e. The van der Waals surface area contributed by atoms with Gasteiger partial charge in [-0.25, -0.2) is 9.78 Å². The van der Waals surface area contributed by atoms with Crippen molar-refractivity contribution in [2.24, 2.45) is 0 Å². The Labute approximate surface area is 142 Å². The first-order valence-corrected chi connectivity index (χ1v) is 7.82. The van der Waals surface area contributed by atoms with E-state index in [0.717, 1.165) is 30.0 Å². The highest BCUT2D eigenvalue weighted by molar-refractivity contribution is 5.96. The summed E-state index contributed by atoms with van der Waals surface area (Å²) in [5.74, 6) is 0.411. The molecular formula is C17H21ClN4O. The van der Waals surface area contributed by atoms with Crippen molar-refractivity contribution in [3.05, 3.63) is 47.5 Å². The molecule has 3 heterocycles. The lowest BCUT2D eigenvalue weighted by atomic mass is 9.94. The molecule has 2 aliphatic heterocycles. The molecule has 6 heteroatoms. The van der Waals surface area contributed by atoms with E-state index in [1.165, 1.54) is 5.56 Å². The van der Waals surface area contributed by atoms with Gasteiger partial charge >= 0.3 is 6.03 Å². The molecule has 23 heavy (non-hydrogen) atoms. The van der Waals surface area contributed by atoms with Crippen LogP contribution in [0.4, 0.5) is 10.5 Å². The molecule has 0 spiro atoms. The van der Waals surface area contributed by atoms with E-state index in [-0.39, 0.29) is 18.4 Å². The van der Waals surface area contributed by atoms with E-state index in [9.17, 15) is 4.79 Å². The van der Waals surface area contributed by atoms with Crippen LogP contribution >= 0.6 is 12.4 Å². The van der Waals surface area contributed by atoms with Crippen LogP contribution in [0.15, 0.2) is 30.6 Å². The number of aromatic amines is 1. The van der Waals surface area contributed by atoms with Gasteiger partial charge in [-0.3, -0.25) is 4.90 Å². The number of carbonyl (C=O) groups is 1. The van der Waals surface area contributed by atoms with Gasteiger partial charge in [0.15, 0.2) is 0 Å². The Bertz CT molecular complexity index is 729. The Kier molecular flexibility index (Phi) is 4.06. The number of H-pyrrole nitrogens is 1. The molecule has 0 saturated carbocycles. The van der Waals surface area contributed by atoms with Crippen molar-refractivity contribution in [3.8, 4) is 0 Å². The third-order valence-electron chi connectivity index (χ3n) is 5.04. The first-order chi connectivity index (χ1) is 10.7. The van der Waals surface area contributed by atoms with Crippen molar-refractivity contribution < 1.29 is 4.79 Å². The number of rotatable bonds is 2. The van der Waals surface area contributed by atoms with Gasteiger partial charge in [0.25, 0.3) is 0 Å². The van der Waals surface area contributed by atoms with Gasteiger partial charge in [0, 0.05) is 29.9 Å². The molecule has 2 unspecified atom stereocenters. The molecule has 1 aromatic carbocycles. The van der Waals surface area contributed by atoms with Gasteiger partial charge in [-0.15, -0.1) is 12.4 Å². The standard InChI is InChI=1S/C17H20N4O.ClH/c1-11-13-5-3-4-6-16(13)21-15(11)7-8-20(17(21)22)9-14-12(2)18-10-19-14;/h3-6,10-11,15H,7-9H2,1-2H3,(H,18,19);1H. The number of para-hydroxylation sites is 1. The SMILES string of the molecule is Cc1[nH]cnc1CN1CCC2C(C)c3ccccc3N2C1=O.Cl. The van der Waals surface area contributed by atoms with Crippen LogP contribution in [0.1, 0.15) is 36.2 Å². The predicted molar refractivity (Wildman–Crippen MR) is 92.1 cm³/mol. The number of aromatic nitrogens is 2. The van der Waals surface area contributed by atoms with Crippen LogP contribution in [0.25, 0.3) is 0 Å². The van der Waals surface area contributed by atoms with E-state index in [4.69, 9.17) is 0 Å². The first kappa shape index (κ1) is 15.9. The number of halogens is 1. The molecule has 0 radical (unpaired) electrons. The summed E-state index contributed by atoms with van der Waals surface area (Å²) >= 11 is 0. The maximum Gasteiger partial charge on any atom is 0.325 e. The number of aryl methyl sites for hydroxylation is 1. The average molecular weight is 333 g/mol. The van der Waals surface area contributed by atoms with Gasteiger partial charge in [0.05, 0.1) is 18.6 Å². The van der Waals surface area contributed by atoms with Gasteiger partial charge in [0.1, 0.15) is 0 Å². The van der Waals surface area contributed by atoms with E-state index in [2.05, 4.69) is 35.1 Å². The normalized spacial score (nSPS) is 22.6. The fourth-order valence-corrected chi connectivity index (χ4v) is 3.74. The largest absolute Gasteiger partial charge is 0.348 e. The van der Waals surface area contributed by atoms with E-state index in [0.29, 0.717) is 18.5 Å². The van der Waals surface area contributed by atoms with Gasteiger partial charge in [0.2, 0.25) is 0 Å². The molecule has 1 saturated heterocycles. The van der Waals surface area contributed by atoms with E-state index in [1.807, 2.05) is 22.8 Å². The van der Waals surface area contributed by atoms with Gasteiger partial charge in [-0.1, -0.05) is 25.1 Å². The molecular weight excluding hydrogens is 312 g/mol. The van der Waals surface area contributed by atoms with E-state index >= 15 is 0 Å². The molecule has 122 valence electrons. The Morgan fingerprint density at radius 1 is 1.35 bits per heavy atom. The number of hydrogen-bond donors (Lipinski definition) is 1.